The average molecular weight is 197 g/mol. The number of hydrogen-bond donors (Lipinski definition) is 0. The molecule has 0 aromatic carbocycles. The van der Waals surface area contributed by atoms with E-state index in [0.717, 1.165) is 10.5 Å². The highest BCUT2D eigenvalue weighted by molar-refractivity contribution is 7.09. The van der Waals surface area contributed by atoms with Crippen molar-refractivity contribution in [1.82, 2.24) is 4.57 Å². The Morgan fingerprint density at radius 2 is 1.92 bits per heavy atom. The van der Waals surface area contributed by atoms with Crippen molar-refractivity contribution in [2.45, 2.75) is 27.7 Å². The molecule has 0 spiro atoms. The van der Waals surface area contributed by atoms with Crippen molar-refractivity contribution in [2.75, 3.05) is 0 Å². The predicted octanol–water partition coefficient (Wildman–Crippen LogP) is 2.00. The van der Waals surface area contributed by atoms with E-state index < -0.39 is 0 Å². The molecule has 72 valence electrons. The van der Waals surface area contributed by atoms with Gasteiger partial charge in [0.15, 0.2) is 0 Å². The first kappa shape index (κ1) is 10.2. The summed E-state index contributed by atoms with van der Waals surface area (Å²) in [6.45, 7) is 8.07. The molecule has 0 N–H and O–H groups in total. The standard InChI is InChI=1S/C9H15N3S/c1-6(2)10-11-9-12(5)7(3)8(4)13-9/h1-5H3. The molecule has 0 saturated heterocycles. The van der Waals surface area contributed by atoms with Crippen molar-refractivity contribution < 1.29 is 0 Å². The molecule has 1 rings (SSSR count). The lowest BCUT2D eigenvalue weighted by Crippen LogP contribution is -2.10. The van der Waals surface area contributed by atoms with E-state index in [-0.39, 0.29) is 0 Å². The molecule has 0 aliphatic carbocycles. The van der Waals surface area contributed by atoms with Crippen molar-refractivity contribution in [3.8, 4) is 0 Å². The van der Waals surface area contributed by atoms with Crippen molar-refractivity contribution in [3.63, 3.8) is 0 Å². The number of thiazole rings is 1. The van der Waals surface area contributed by atoms with Gasteiger partial charge in [-0.2, -0.15) is 5.10 Å². The number of aromatic nitrogens is 1. The minimum atomic E-state index is 0.955. The topological polar surface area (TPSA) is 29.6 Å². The molecule has 0 atom stereocenters. The van der Waals surface area contributed by atoms with Crippen LogP contribution in [-0.2, 0) is 7.05 Å². The van der Waals surface area contributed by atoms with Crippen LogP contribution >= 0.6 is 11.3 Å². The van der Waals surface area contributed by atoms with E-state index in [1.807, 2.05) is 20.9 Å². The lowest BCUT2D eigenvalue weighted by atomic mass is 10.4. The van der Waals surface area contributed by atoms with Gasteiger partial charge in [-0.1, -0.05) is 0 Å². The Kier molecular flexibility index (Phi) is 3.03. The van der Waals surface area contributed by atoms with Crippen LogP contribution in [0.5, 0.6) is 0 Å². The molecule has 3 nitrogen and oxygen atoms in total. The minimum Gasteiger partial charge on any atom is -0.322 e. The molecule has 13 heavy (non-hydrogen) atoms. The van der Waals surface area contributed by atoms with Crippen LogP contribution in [0.2, 0.25) is 0 Å². The zero-order valence-corrected chi connectivity index (χ0v) is 9.57. The van der Waals surface area contributed by atoms with E-state index in [2.05, 4.69) is 28.6 Å². The highest BCUT2D eigenvalue weighted by atomic mass is 32.1. The molecular formula is C9H15N3S. The maximum Gasteiger partial charge on any atom is 0.210 e. The first-order chi connectivity index (χ1) is 6.02. The van der Waals surface area contributed by atoms with Gasteiger partial charge < -0.3 is 4.57 Å². The van der Waals surface area contributed by atoms with Crippen molar-refractivity contribution in [3.05, 3.63) is 15.4 Å². The van der Waals surface area contributed by atoms with Crippen LogP contribution in [0.3, 0.4) is 0 Å². The van der Waals surface area contributed by atoms with Gasteiger partial charge in [0.05, 0.1) is 0 Å². The molecule has 4 heteroatoms. The number of rotatable bonds is 1. The van der Waals surface area contributed by atoms with Crippen LogP contribution in [0.15, 0.2) is 10.2 Å². The van der Waals surface area contributed by atoms with E-state index in [1.54, 1.807) is 11.3 Å². The minimum absolute atomic E-state index is 0.955. The van der Waals surface area contributed by atoms with Crippen molar-refractivity contribution in [1.29, 1.82) is 0 Å². The molecule has 0 aliphatic heterocycles. The van der Waals surface area contributed by atoms with Crippen LogP contribution in [0, 0.1) is 13.8 Å². The van der Waals surface area contributed by atoms with Gasteiger partial charge in [0.25, 0.3) is 0 Å². The third-order valence-electron chi connectivity index (χ3n) is 1.88. The van der Waals surface area contributed by atoms with Gasteiger partial charge in [0.1, 0.15) is 0 Å². The molecule has 0 unspecified atom stereocenters. The molecule has 1 aromatic rings. The van der Waals surface area contributed by atoms with Gasteiger partial charge in [-0.3, -0.25) is 0 Å². The summed E-state index contributed by atoms with van der Waals surface area (Å²) in [5.41, 5.74) is 2.23. The lowest BCUT2D eigenvalue weighted by Gasteiger charge is -1.93. The first-order valence-electron chi connectivity index (χ1n) is 4.20. The summed E-state index contributed by atoms with van der Waals surface area (Å²) in [4.78, 5) is 2.25. The fraction of sp³-hybridized carbons (Fsp3) is 0.556. The molecule has 0 bridgehead atoms. The second kappa shape index (κ2) is 3.87. The average Bonchev–Trinajstić information content (AvgIpc) is 2.29. The highest BCUT2D eigenvalue weighted by Crippen LogP contribution is 2.07. The largest absolute Gasteiger partial charge is 0.322 e. The summed E-state index contributed by atoms with van der Waals surface area (Å²) in [5.74, 6) is 0. The van der Waals surface area contributed by atoms with Gasteiger partial charge in [0, 0.05) is 23.3 Å². The third kappa shape index (κ3) is 2.28. The van der Waals surface area contributed by atoms with Gasteiger partial charge >= 0.3 is 0 Å². The second-order valence-electron chi connectivity index (χ2n) is 3.23. The summed E-state index contributed by atoms with van der Waals surface area (Å²) in [6.07, 6.45) is 0. The van der Waals surface area contributed by atoms with Gasteiger partial charge in [-0.15, -0.1) is 16.4 Å². The van der Waals surface area contributed by atoms with Crippen LogP contribution in [0.1, 0.15) is 24.4 Å². The predicted molar refractivity (Wildman–Crippen MR) is 57.1 cm³/mol. The maximum atomic E-state index is 4.16. The van der Waals surface area contributed by atoms with E-state index in [9.17, 15) is 0 Å². The van der Waals surface area contributed by atoms with E-state index >= 15 is 0 Å². The smallest absolute Gasteiger partial charge is 0.210 e. The molecule has 1 heterocycles. The Balaban J connectivity index is 3.24. The Labute approximate surface area is 82.5 Å². The normalized spacial score (nSPS) is 11.9. The Morgan fingerprint density at radius 1 is 1.31 bits per heavy atom. The lowest BCUT2D eigenvalue weighted by molar-refractivity contribution is 0.815. The van der Waals surface area contributed by atoms with Crippen LogP contribution < -0.4 is 4.80 Å². The van der Waals surface area contributed by atoms with Gasteiger partial charge in [-0.05, 0) is 27.7 Å². The number of hydrogen-bond acceptors (Lipinski definition) is 3. The molecule has 0 amide bonds. The Hall–Kier alpha value is -0.900. The zero-order chi connectivity index (χ0) is 10.0. The van der Waals surface area contributed by atoms with Crippen molar-refractivity contribution >= 4 is 17.0 Å². The van der Waals surface area contributed by atoms with E-state index in [4.69, 9.17) is 0 Å². The van der Waals surface area contributed by atoms with Crippen LogP contribution in [0.25, 0.3) is 0 Å². The maximum absolute atomic E-state index is 4.16. The molecule has 1 aromatic heterocycles. The first-order valence-corrected chi connectivity index (χ1v) is 5.02. The van der Waals surface area contributed by atoms with Crippen LogP contribution in [-0.4, -0.2) is 10.3 Å². The van der Waals surface area contributed by atoms with Gasteiger partial charge in [-0.25, -0.2) is 0 Å². The molecular weight excluding hydrogens is 182 g/mol. The third-order valence-corrected chi connectivity index (χ3v) is 3.02. The molecule has 0 fully saturated rings. The quantitative estimate of drug-likeness (QED) is 0.487. The summed E-state index contributed by atoms with van der Waals surface area (Å²) in [5, 5.41) is 8.20. The summed E-state index contributed by atoms with van der Waals surface area (Å²) >= 11 is 1.67. The molecule has 0 saturated carbocycles. The fourth-order valence-electron chi connectivity index (χ4n) is 0.889. The molecule has 0 radical (unpaired) electrons. The van der Waals surface area contributed by atoms with E-state index in [1.165, 1.54) is 10.6 Å². The Morgan fingerprint density at radius 3 is 2.31 bits per heavy atom. The zero-order valence-electron chi connectivity index (χ0n) is 8.75. The fourth-order valence-corrected chi connectivity index (χ4v) is 1.80. The number of nitrogens with zero attached hydrogens (tertiary/aromatic N) is 3. The highest BCUT2D eigenvalue weighted by Gasteiger charge is 2.00. The summed E-state index contributed by atoms with van der Waals surface area (Å²) in [6, 6.07) is 0. The summed E-state index contributed by atoms with van der Waals surface area (Å²) < 4.78 is 2.06. The molecule has 0 aliphatic rings. The second-order valence-corrected chi connectivity index (χ2v) is 4.41. The SMILES string of the molecule is CC(C)=NN=c1sc(C)c(C)n1C. The Bertz CT molecular complexity index is 391. The van der Waals surface area contributed by atoms with Gasteiger partial charge in [0.2, 0.25) is 4.80 Å². The monoisotopic (exact) mass is 197 g/mol. The summed E-state index contributed by atoms with van der Waals surface area (Å²) in [7, 11) is 2.01. The number of aryl methyl sites for hydroxylation is 1. The van der Waals surface area contributed by atoms with E-state index in [0.29, 0.717) is 0 Å². The van der Waals surface area contributed by atoms with Crippen molar-refractivity contribution in [2.24, 2.45) is 17.3 Å². The van der Waals surface area contributed by atoms with Crippen LogP contribution in [0.4, 0.5) is 0 Å².